The first-order valence-electron chi connectivity index (χ1n) is 6.95. The normalized spacial score (nSPS) is 11.5. The molecule has 130 valence electrons. The summed E-state index contributed by atoms with van der Waals surface area (Å²) in [7, 11) is -2.75. The van der Waals surface area contributed by atoms with Crippen LogP contribution in [0.4, 0.5) is 5.82 Å². The molecule has 25 heavy (non-hydrogen) atoms. The van der Waals surface area contributed by atoms with Crippen LogP contribution < -0.4 is 4.72 Å². The molecule has 3 rings (SSSR count). The van der Waals surface area contributed by atoms with E-state index in [4.69, 9.17) is 11.6 Å². The third kappa shape index (κ3) is 3.44. The largest absolute Gasteiger partial charge is 0.465 e. The number of rotatable bonds is 4. The summed E-state index contributed by atoms with van der Waals surface area (Å²) in [5, 5.41) is -0.0651. The quantitative estimate of drug-likeness (QED) is 0.678. The Bertz CT molecular complexity index is 1080. The van der Waals surface area contributed by atoms with Crippen molar-refractivity contribution in [1.82, 2.24) is 9.97 Å². The average Bonchev–Trinajstić information content (AvgIpc) is 2.97. The number of carbonyl (C=O) groups excluding carboxylic acids is 1. The molecule has 0 amide bonds. The van der Waals surface area contributed by atoms with Crippen molar-refractivity contribution in [1.29, 1.82) is 0 Å². The molecule has 7 nitrogen and oxygen atoms in total. The number of hydrogen-bond donors (Lipinski definition) is 1. The molecule has 3 aromatic rings. The summed E-state index contributed by atoms with van der Waals surface area (Å²) in [6, 6.07) is 8.41. The molecule has 0 spiro atoms. The van der Waals surface area contributed by atoms with E-state index in [1.165, 1.54) is 13.2 Å². The smallest absolute Gasteiger partial charge is 0.348 e. The Balaban J connectivity index is 2.01. The molecule has 0 saturated heterocycles. The molecule has 0 bridgehead atoms. The van der Waals surface area contributed by atoms with E-state index < -0.39 is 16.0 Å². The molecule has 10 heteroatoms. The average molecular weight is 398 g/mol. The van der Waals surface area contributed by atoms with Gasteiger partial charge in [-0.1, -0.05) is 23.7 Å². The maximum absolute atomic E-state index is 12.7. The number of benzene rings is 1. The molecule has 0 fully saturated rings. The number of sulfonamides is 1. The second-order valence-corrected chi connectivity index (χ2v) is 8.32. The van der Waals surface area contributed by atoms with E-state index in [1.54, 1.807) is 31.2 Å². The lowest BCUT2D eigenvalue weighted by atomic mass is 10.3. The fourth-order valence-electron chi connectivity index (χ4n) is 2.15. The van der Waals surface area contributed by atoms with Crippen LogP contribution in [0, 0.1) is 6.92 Å². The van der Waals surface area contributed by atoms with Gasteiger partial charge >= 0.3 is 5.97 Å². The summed E-state index contributed by atoms with van der Waals surface area (Å²) in [6.45, 7) is 1.59. The highest BCUT2D eigenvalue weighted by molar-refractivity contribution is 7.94. The van der Waals surface area contributed by atoms with Crippen molar-refractivity contribution in [2.24, 2.45) is 0 Å². The van der Waals surface area contributed by atoms with Crippen LogP contribution in [-0.4, -0.2) is 31.5 Å². The van der Waals surface area contributed by atoms with Crippen LogP contribution in [0.3, 0.4) is 0 Å². The third-order valence-electron chi connectivity index (χ3n) is 3.26. The van der Waals surface area contributed by atoms with Gasteiger partial charge in [-0.15, -0.1) is 11.3 Å². The van der Waals surface area contributed by atoms with Crippen molar-refractivity contribution >= 4 is 55.8 Å². The van der Waals surface area contributed by atoms with Crippen molar-refractivity contribution in [2.45, 2.75) is 11.1 Å². The van der Waals surface area contributed by atoms with Crippen LogP contribution in [-0.2, 0) is 14.8 Å². The van der Waals surface area contributed by atoms with E-state index in [1.807, 2.05) is 0 Å². The number of nitrogens with one attached hydrogen (secondary N) is 1. The number of fused-ring (bicyclic) bond motifs is 1. The lowest BCUT2D eigenvalue weighted by Crippen LogP contribution is -2.14. The summed E-state index contributed by atoms with van der Waals surface area (Å²) in [5.41, 5.74) is 1.47. The second kappa shape index (κ2) is 6.58. The van der Waals surface area contributed by atoms with Crippen molar-refractivity contribution in [3.05, 3.63) is 45.9 Å². The summed E-state index contributed by atoms with van der Waals surface area (Å²) in [5.74, 6) is -0.675. The van der Waals surface area contributed by atoms with Crippen LogP contribution in [0.1, 0.15) is 15.2 Å². The maximum atomic E-state index is 12.7. The number of anilines is 1. The second-order valence-electron chi connectivity index (χ2n) is 5.03. The summed E-state index contributed by atoms with van der Waals surface area (Å²) in [4.78, 5) is 20.1. The van der Waals surface area contributed by atoms with E-state index in [9.17, 15) is 13.2 Å². The number of aryl methyl sites for hydroxylation is 1. The predicted molar refractivity (Wildman–Crippen MR) is 95.8 cm³/mol. The summed E-state index contributed by atoms with van der Waals surface area (Å²) in [6.07, 6.45) is 0. The Morgan fingerprint density at radius 3 is 2.52 bits per heavy atom. The van der Waals surface area contributed by atoms with Crippen molar-refractivity contribution < 1.29 is 17.9 Å². The molecule has 0 unspecified atom stereocenters. The van der Waals surface area contributed by atoms with Gasteiger partial charge in [0.05, 0.1) is 18.1 Å². The fourth-order valence-corrected chi connectivity index (χ4v) is 5.01. The van der Waals surface area contributed by atoms with Gasteiger partial charge in [0.1, 0.15) is 9.09 Å². The number of thiophene rings is 1. The Kier molecular flexibility index (Phi) is 4.63. The van der Waals surface area contributed by atoms with Crippen LogP contribution in [0.5, 0.6) is 0 Å². The number of halogens is 1. The Hall–Kier alpha value is -2.23. The van der Waals surface area contributed by atoms with Crippen molar-refractivity contribution in [3.8, 4) is 0 Å². The number of ether oxygens (including phenoxy) is 1. The van der Waals surface area contributed by atoms with Gasteiger partial charge in [0, 0.05) is 0 Å². The minimum atomic E-state index is -3.98. The Morgan fingerprint density at radius 2 is 1.88 bits per heavy atom. The number of hydrogen-bond acceptors (Lipinski definition) is 7. The number of methoxy groups -OCH3 is 1. The number of nitrogens with zero attached hydrogens (tertiary/aromatic N) is 2. The molecule has 1 N–H and O–H groups in total. The van der Waals surface area contributed by atoms with Crippen LogP contribution in [0.15, 0.2) is 34.5 Å². The Morgan fingerprint density at radius 1 is 1.24 bits per heavy atom. The standard InChI is InChI=1S/C15H12ClN3O4S2/c1-8-7-11(14(20)23-2)24-15(8)25(21,22)19-13-12(16)17-9-5-3-4-6-10(9)18-13/h3-7H,1-2H3,(H,18,19). The minimum Gasteiger partial charge on any atom is -0.465 e. The van der Waals surface area contributed by atoms with Gasteiger partial charge < -0.3 is 4.74 Å². The number of esters is 1. The molecule has 0 aliphatic rings. The number of para-hydroxylation sites is 2. The highest BCUT2D eigenvalue weighted by Crippen LogP contribution is 2.30. The van der Waals surface area contributed by atoms with E-state index in [2.05, 4.69) is 19.4 Å². The van der Waals surface area contributed by atoms with Gasteiger partial charge in [0.2, 0.25) is 0 Å². The zero-order valence-corrected chi connectivity index (χ0v) is 15.5. The van der Waals surface area contributed by atoms with Gasteiger partial charge in [-0.05, 0) is 30.7 Å². The highest BCUT2D eigenvalue weighted by atomic mass is 35.5. The van der Waals surface area contributed by atoms with Gasteiger partial charge in [0.15, 0.2) is 11.0 Å². The lowest BCUT2D eigenvalue weighted by Gasteiger charge is -2.08. The number of carbonyl (C=O) groups is 1. The summed E-state index contributed by atoms with van der Waals surface area (Å²) >= 11 is 6.85. The molecular formula is C15H12ClN3O4S2. The fraction of sp³-hybridized carbons (Fsp3) is 0.133. The molecule has 0 saturated carbocycles. The SMILES string of the molecule is COC(=O)c1cc(C)c(S(=O)(=O)Nc2nc3ccccc3nc2Cl)s1. The zero-order chi connectivity index (χ0) is 18.2. The molecule has 0 aliphatic heterocycles. The van der Waals surface area contributed by atoms with Gasteiger partial charge in [-0.25, -0.2) is 23.2 Å². The maximum Gasteiger partial charge on any atom is 0.348 e. The highest BCUT2D eigenvalue weighted by Gasteiger charge is 2.25. The van der Waals surface area contributed by atoms with E-state index in [0.29, 0.717) is 16.6 Å². The topological polar surface area (TPSA) is 98.2 Å². The van der Waals surface area contributed by atoms with Crippen LogP contribution >= 0.6 is 22.9 Å². The molecule has 2 heterocycles. The summed E-state index contributed by atoms with van der Waals surface area (Å²) < 4.78 is 32.2. The van der Waals surface area contributed by atoms with E-state index >= 15 is 0 Å². The van der Waals surface area contributed by atoms with Crippen LogP contribution in [0.25, 0.3) is 11.0 Å². The molecule has 0 aliphatic carbocycles. The Labute approximate surface area is 152 Å². The number of aromatic nitrogens is 2. The predicted octanol–water partition coefficient (Wildman–Crippen LogP) is 3.24. The van der Waals surface area contributed by atoms with Crippen molar-refractivity contribution in [3.63, 3.8) is 0 Å². The lowest BCUT2D eigenvalue weighted by molar-refractivity contribution is 0.0606. The van der Waals surface area contributed by atoms with E-state index in [0.717, 1.165) is 11.3 Å². The first kappa shape index (κ1) is 17.6. The third-order valence-corrected chi connectivity index (χ3v) is 6.72. The molecule has 0 radical (unpaired) electrons. The molecule has 2 aromatic heterocycles. The molecule has 0 atom stereocenters. The zero-order valence-electron chi connectivity index (χ0n) is 13.1. The van der Waals surface area contributed by atoms with E-state index in [-0.39, 0.29) is 20.1 Å². The first-order chi connectivity index (χ1) is 11.8. The molecule has 1 aromatic carbocycles. The van der Waals surface area contributed by atoms with Crippen LogP contribution in [0.2, 0.25) is 5.15 Å². The minimum absolute atomic E-state index is 0.0149. The molecular weight excluding hydrogens is 386 g/mol. The van der Waals surface area contributed by atoms with Gasteiger partial charge in [-0.2, -0.15) is 0 Å². The van der Waals surface area contributed by atoms with Gasteiger partial charge in [0.25, 0.3) is 10.0 Å². The first-order valence-corrected chi connectivity index (χ1v) is 9.63. The van der Waals surface area contributed by atoms with Gasteiger partial charge in [-0.3, -0.25) is 4.72 Å². The monoisotopic (exact) mass is 397 g/mol. The van der Waals surface area contributed by atoms with Crippen molar-refractivity contribution in [2.75, 3.05) is 11.8 Å².